The summed E-state index contributed by atoms with van der Waals surface area (Å²) in [5.41, 5.74) is 3.64. The van der Waals surface area contributed by atoms with Crippen molar-refractivity contribution in [1.82, 2.24) is 15.4 Å². The van der Waals surface area contributed by atoms with Crippen molar-refractivity contribution in [3.05, 3.63) is 58.7 Å². The minimum absolute atomic E-state index is 0.490. The molecule has 0 fully saturated rings. The summed E-state index contributed by atoms with van der Waals surface area (Å²) in [6.45, 7) is 3.35. The Morgan fingerprint density at radius 1 is 1.19 bits per heavy atom. The molecule has 0 saturated heterocycles. The van der Waals surface area contributed by atoms with Crippen molar-refractivity contribution in [1.29, 1.82) is 0 Å². The lowest BCUT2D eigenvalue weighted by Crippen LogP contribution is -2.30. The van der Waals surface area contributed by atoms with Gasteiger partial charge in [0.25, 0.3) is 0 Å². The second kappa shape index (κ2) is 5.79. The number of benzene rings is 1. The van der Waals surface area contributed by atoms with Gasteiger partial charge in [0.2, 0.25) is 0 Å². The zero-order valence-electron chi connectivity index (χ0n) is 11.6. The number of aromatic nitrogens is 2. The predicted molar refractivity (Wildman–Crippen MR) is 72.1 cm³/mol. The van der Waals surface area contributed by atoms with Crippen molar-refractivity contribution < 1.29 is 13.2 Å². The maximum absolute atomic E-state index is 12.7. The van der Waals surface area contributed by atoms with Gasteiger partial charge >= 0.3 is 6.18 Å². The van der Waals surface area contributed by atoms with Crippen LogP contribution in [-0.4, -0.2) is 9.97 Å². The van der Waals surface area contributed by atoms with Gasteiger partial charge in [0.15, 0.2) is 0 Å². The van der Waals surface area contributed by atoms with Gasteiger partial charge in [0.1, 0.15) is 5.82 Å². The van der Waals surface area contributed by atoms with Gasteiger partial charge in [-0.1, -0.05) is 6.07 Å². The molecule has 21 heavy (non-hydrogen) atoms. The van der Waals surface area contributed by atoms with E-state index in [2.05, 4.69) is 15.4 Å². The van der Waals surface area contributed by atoms with Crippen LogP contribution in [0, 0.1) is 13.8 Å². The summed E-state index contributed by atoms with van der Waals surface area (Å²) < 4.78 is 38.1. The van der Waals surface area contributed by atoms with Gasteiger partial charge in [-0.05, 0) is 43.2 Å². The van der Waals surface area contributed by atoms with Crippen molar-refractivity contribution in [2.45, 2.75) is 26.1 Å². The molecule has 1 atom stereocenters. The molecule has 1 unspecified atom stereocenters. The molecule has 1 heterocycles. The first kappa shape index (κ1) is 15.4. The molecule has 7 heteroatoms. The third-order valence-electron chi connectivity index (χ3n) is 3.17. The number of nitrogens with one attached hydrogen (secondary N) is 1. The number of hydrogen-bond acceptors (Lipinski definition) is 4. The Balaban J connectivity index is 2.44. The van der Waals surface area contributed by atoms with Gasteiger partial charge in [0.05, 0.1) is 17.3 Å². The van der Waals surface area contributed by atoms with Crippen LogP contribution in [0.25, 0.3) is 0 Å². The van der Waals surface area contributed by atoms with Crippen molar-refractivity contribution in [2.24, 2.45) is 5.84 Å². The van der Waals surface area contributed by atoms with Crippen molar-refractivity contribution >= 4 is 0 Å². The molecule has 0 amide bonds. The Morgan fingerprint density at radius 2 is 1.90 bits per heavy atom. The molecule has 0 saturated carbocycles. The molecule has 0 spiro atoms. The van der Waals surface area contributed by atoms with Crippen LogP contribution in [0.5, 0.6) is 0 Å². The lowest BCUT2D eigenvalue weighted by atomic mass is 9.97. The monoisotopic (exact) mass is 296 g/mol. The summed E-state index contributed by atoms with van der Waals surface area (Å²) in [5, 5.41) is 0. The van der Waals surface area contributed by atoms with E-state index in [0.29, 0.717) is 22.6 Å². The first-order valence-electron chi connectivity index (χ1n) is 6.26. The van der Waals surface area contributed by atoms with Crippen LogP contribution in [0.4, 0.5) is 13.2 Å². The van der Waals surface area contributed by atoms with Crippen molar-refractivity contribution in [3.63, 3.8) is 0 Å². The second-order valence-electron chi connectivity index (χ2n) is 4.70. The number of nitrogens with two attached hydrogens (primary N) is 1. The van der Waals surface area contributed by atoms with E-state index in [1.165, 1.54) is 6.07 Å². The van der Waals surface area contributed by atoms with E-state index in [1.54, 1.807) is 26.1 Å². The third-order valence-corrected chi connectivity index (χ3v) is 3.17. The van der Waals surface area contributed by atoms with E-state index >= 15 is 0 Å². The fourth-order valence-corrected chi connectivity index (χ4v) is 2.15. The molecule has 0 aliphatic heterocycles. The van der Waals surface area contributed by atoms with Gasteiger partial charge < -0.3 is 0 Å². The molecule has 4 nitrogen and oxygen atoms in total. The summed E-state index contributed by atoms with van der Waals surface area (Å²) in [5.74, 6) is 6.11. The fraction of sp³-hybridized carbons (Fsp3) is 0.286. The molecule has 2 aromatic rings. The smallest absolute Gasteiger partial charge is 0.271 e. The zero-order chi connectivity index (χ0) is 15.6. The largest absolute Gasteiger partial charge is 0.416 e. The highest BCUT2D eigenvalue weighted by molar-refractivity contribution is 5.38. The number of hydrogen-bond donors (Lipinski definition) is 2. The van der Waals surface area contributed by atoms with E-state index in [4.69, 9.17) is 5.84 Å². The van der Waals surface area contributed by atoms with Crippen molar-refractivity contribution in [3.8, 4) is 0 Å². The summed E-state index contributed by atoms with van der Waals surface area (Å²) >= 11 is 0. The van der Waals surface area contributed by atoms with Gasteiger partial charge in [-0.15, -0.1) is 0 Å². The molecule has 3 N–H and O–H groups in total. The average molecular weight is 296 g/mol. The van der Waals surface area contributed by atoms with Crippen LogP contribution in [-0.2, 0) is 6.18 Å². The normalized spacial score (nSPS) is 13.2. The Hall–Kier alpha value is -1.99. The minimum Gasteiger partial charge on any atom is -0.271 e. The standard InChI is InChI=1S/C14H15F3N4/c1-8-7-10(14(15,16)17)3-4-11(8)13(21-18)12-5-6-19-9(2)20-12/h3-7,13,21H,18H2,1-2H3. The number of nitrogens with zero attached hydrogens (tertiary/aromatic N) is 2. The molecule has 112 valence electrons. The lowest BCUT2D eigenvalue weighted by molar-refractivity contribution is -0.137. The van der Waals surface area contributed by atoms with Crippen LogP contribution in [0.15, 0.2) is 30.5 Å². The minimum atomic E-state index is -4.36. The van der Waals surface area contributed by atoms with Crippen LogP contribution in [0.2, 0.25) is 0 Å². The third kappa shape index (κ3) is 3.37. The van der Waals surface area contributed by atoms with E-state index in [1.807, 2.05) is 0 Å². The summed E-state index contributed by atoms with van der Waals surface area (Å²) in [4.78, 5) is 8.25. The summed E-state index contributed by atoms with van der Waals surface area (Å²) in [7, 11) is 0. The maximum atomic E-state index is 12.7. The van der Waals surface area contributed by atoms with Crippen molar-refractivity contribution in [2.75, 3.05) is 0 Å². The Labute approximate surface area is 120 Å². The van der Waals surface area contributed by atoms with Gasteiger partial charge in [-0.2, -0.15) is 13.2 Å². The number of aryl methyl sites for hydroxylation is 2. The van der Waals surface area contributed by atoms with E-state index in [9.17, 15) is 13.2 Å². The van der Waals surface area contributed by atoms with Crippen LogP contribution >= 0.6 is 0 Å². The summed E-state index contributed by atoms with van der Waals surface area (Å²) in [6.07, 6.45) is -2.78. The van der Waals surface area contributed by atoms with Crippen LogP contribution < -0.4 is 11.3 Å². The molecule has 1 aromatic heterocycles. The average Bonchev–Trinajstić information content (AvgIpc) is 2.40. The van der Waals surface area contributed by atoms with Gasteiger partial charge in [-0.25, -0.2) is 15.4 Å². The predicted octanol–water partition coefficient (Wildman–Crippen LogP) is 2.66. The zero-order valence-corrected chi connectivity index (χ0v) is 11.6. The highest BCUT2D eigenvalue weighted by Crippen LogP contribution is 2.32. The SMILES string of the molecule is Cc1nccc(C(NN)c2ccc(C(F)(F)F)cc2C)n1. The first-order chi connectivity index (χ1) is 9.82. The molecule has 0 bridgehead atoms. The van der Waals surface area contributed by atoms with E-state index < -0.39 is 17.8 Å². The molecule has 0 aliphatic rings. The number of halogens is 3. The molecule has 1 aromatic carbocycles. The topological polar surface area (TPSA) is 63.8 Å². The molecular weight excluding hydrogens is 281 g/mol. The summed E-state index contributed by atoms with van der Waals surface area (Å²) in [6, 6.07) is 4.75. The highest BCUT2D eigenvalue weighted by atomic mass is 19.4. The number of rotatable bonds is 3. The van der Waals surface area contributed by atoms with Gasteiger partial charge in [-0.3, -0.25) is 5.84 Å². The lowest BCUT2D eigenvalue weighted by Gasteiger charge is -2.19. The van der Waals surface area contributed by atoms with Crippen LogP contribution in [0.1, 0.15) is 34.3 Å². The van der Waals surface area contributed by atoms with Crippen LogP contribution in [0.3, 0.4) is 0 Å². The molecular formula is C14H15F3N4. The molecule has 2 rings (SSSR count). The first-order valence-corrected chi connectivity index (χ1v) is 6.26. The van der Waals surface area contributed by atoms with Gasteiger partial charge in [0, 0.05) is 6.20 Å². The molecule has 0 aliphatic carbocycles. The Kier molecular flexibility index (Phi) is 4.24. The Bertz CT molecular complexity index is 640. The second-order valence-corrected chi connectivity index (χ2v) is 4.70. The van der Waals surface area contributed by atoms with E-state index in [-0.39, 0.29) is 0 Å². The quantitative estimate of drug-likeness (QED) is 0.675. The van der Waals surface area contributed by atoms with E-state index in [0.717, 1.165) is 12.1 Å². The number of hydrazine groups is 1. The fourth-order valence-electron chi connectivity index (χ4n) is 2.15. The maximum Gasteiger partial charge on any atom is 0.416 e. The highest BCUT2D eigenvalue weighted by Gasteiger charge is 2.31. The number of alkyl halides is 3. The molecule has 0 radical (unpaired) electrons. The Morgan fingerprint density at radius 3 is 2.43 bits per heavy atom.